The quantitative estimate of drug-likeness (QED) is 0.781. The fourth-order valence-electron chi connectivity index (χ4n) is 1.54. The molecule has 0 aliphatic heterocycles. The van der Waals surface area contributed by atoms with Gasteiger partial charge in [-0.1, -0.05) is 11.6 Å². The Labute approximate surface area is 123 Å². The van der Waals surface area contributed by atoms with Crippen LogP contribution in [0.15, 0.2) is 27.1 Å². The van der Waals surface area contributed by atoms with E-state index in [1.54, 1.807) is 32.0 Å². The third-order valence-corrected chi connectivity index (χ3v) is 3.66. The maximum absolute atomic E-state index is 11.6. The first-order valence-corrected chi connectivity index (χ1v) is 6.80. The Hall–Kier alpha value is -1.33. The Morgan fingerprint density at radius 1 is 1.53 bits per heavy atom. The van der Waals surface area contributed by atoms with Crippen LogP contribution in [-0.2, 0) is 4.74 Å². The Morgan fingerprint density at radius 3 is 2.89 bits per heavy atom. The monoisotopic (exact) mass is 343 g/mol. The number of benzene rings is 1. The van der Waals surface area contributed by atoms with Gasteiger partial charge in [0.15, 0.2) is 0 Å². The summed E-state index contributed by atoms with van der Waals surface area (Å²) in [5.41, 5.74) is 1.19. The third kappa shape index (κ3) is 2.98. The van der Waals surface area contributed by atoms with Gasteiger partial charge in [-0.25, -0.2) is 9.78 Å². The molecule has 1 heterocycles. The largest absolute Gasteiger partial charge is 0.460 e. The summed E-state index contributed by atoms with van der Waals surface area (Å²) in [6.07, 6.45) is 0. The van der Waals surface area contributed by atoms with E-state index in [2.05, 4.69) is 20.9 Å². The maximum Gasteiger partial charge on any atom is 0.376 e. The number of rotatable bonds is 3. The first-order valence-electron chi connectivity index (χ1n) is 5.63. The zero-order valence-electron chi connectivity index (χ0n) is 10.4. The zero-order chi connectivity index (χ0) is 14.0. The SMILES string of the molecule is CCOC(=O)c1oc(-c2ccc(Br)c(Cl)c2)nc1C. The second kappa shape index (κ2) is 5.75. The Morgan fingerprint density at radius 2 is 2.26 bits per heavy atom. The summed E-state index contributed by atoms with van der Waals surface area (Å²) in [6.45, 7) is 3.72. The van der Waals surface area contributed by atoms with Gasteiger partial charge in [0.1, 0.15) is 0 Å². The van der Waals surface area contributed by atoms with Gasteiger partial charge in [-0.05, 0) is 48.0 Å². The molecule has 2 rings (SSSR count). The van der Waals surface area contributed by atoms with Gasteiger partial charge in [0.05, 0.1) is 17.3 Å². The molecule has 4 nitrogen and oxygen atoms in total. The van der Waals surface area contributed by atoms with Crippen LogP contribution in [0.2, 0.25) is 5.02 Å². The molecule has 2 aromatic rings. The van der Waals surface area contributed by atoms with Gasteiger partial charge >= 0.3 is 5.97 Å². The van der Waals surface area contributed by atoms with Crippen molar-refractivity contribution < 1.29 is 13.9 Å². The molecule has 0 amide bonds. The molecule has 100 valence electrons. The molecular weight excluding hydrogens is 334 g/mol. The molecule has 0 saturated heterocycles. The molecule has 0 aliphatic carbocycles. The molecule has 0 fully saturated rings. The highest BCUT2D eigenvalue weighted by Crippen LogP contribution is 2.29. The molecule has 6 heteroatoms. The smallest absolute Gasteiger partial charge is 0.376 e. The Kier molecular flexibility index (Phi) is 4.27. The van der Waals surface area contributed by atoms with E-state index in [4.69, 9.17) is 20.8 Å². The second-order valence-electron chi connectivity index (χ2n) is 3.78. The van der Waals surface area contributed by atoms with Crippen molar-refractivity contribution in [2.24, 2.45) is 0 Å². The lowest BCUT2D eigenvalue weighted by Crippen LogP contribution is -2.04. The number of esters is 1. The van der Waals surface area contributed by atoms with Gasteiger partial charge < -0.3 is 9.15 Å². The van der Waals surface area contributed by atoms with E-state index < -0.39 is 5.97 Å². The number of aryl methyl sites for hydroxylation is 1. The number of nitrogens with zero attached hydrogens (tertiary/aromatic N) is 1. The van der Waals surface area contributed by atoms with Crippen LogP contribution < -0.4 is 0 Å². The Bertz CT molecular complexity index is 624. The fraction of sp³-hybridized carbons (Fsp3) is 0.231. The number of carbonyl (C=O) groups excluding carboxylic acids is 1. The standard InChI is InChI=1S/C13H11BrClNO3/c1-3-18-13(17)11-7(2)16-12(19-11)8-4-5-9(14)10(15)6-8/h4-6H,3H2,1-2H3. The minimum Gasteiger partial charge on any atom is -0.460 e. The number of ether oxygens (including phenoxy) is 1. The van der Waals surface area contributed by atoms with Crippen LogP contribution in [0.3, 0.4) is 0 Å². The van der Waals surface area contributed by atoms with Crippen LogP contribution >= 0.6 is 27.5 Å². The highest BCUT2D eigenvalue weighted by Gasteiger charge is 2.19. The van der Waals surface area contributed by atoms with Crippen LogP contribution in [0, 0.1) is 6.92 Å². The van der Waals surface area contributed by atoms with Crippen LogP contribution in [-0.4, -0.2) is 17.6 Å². The second-order valence-corrected chi connectivity index (χ2v) is 5.04. The number of carbonyl (C=O) groups is 1. The molecule has 0 unspecified atom stereocenters. The number of halogens is 2. The van der Waals surface area contributed by atoms with E-state index in [0.717, 1.165) is 4.47 Å². The van der Waals surface area contributed by atoms with Gasteiger partial charge in [-0.2, -0.15) is 0 Å². The van der Waals surface area contributed by atoms with Crippen LogP contribution in [0.4, 0.5) is 0 Å². The highest BCUT2D eigenvalue weighted by atomic mass is 79.9. The van der Waals surface area contributed by atoms with Crippen molar-refractivity contribution >= 4 is 33.5 Å². The lowest BCUT2D eigenvalue weighted by Gasteiger charge is -1.99. The van der Waals surface area contributed by atoms with Crippen molar-refractivity contribution in [1.29, 1.82) is 0 Å². The summed E-state index contributed by atoms with van der Waals surface area (Å²) in [4.78, 5) is 15.9. The molecule has 1 aromatic heterocycles. The number of hydrogen-bond donors (Lipinski definition) is 0. The van der Waals surface area contributed by atoms with Gasteiger partial charge in [0.2, 0.25) is 11.7 Å². The van der Waals surface area contributed by atoms with Crippen LogP contribution in [0.25, 0.3) is 11.5 Å². The van der Waals surface area contributed by atoms with E-state index in [9.17, 15) is 4.79 Å². The van der Waals surface area contributed by atoms with Crippen molar-refractivity contribution in [1.82, 2.24) is 4.98 Å². The third-order valence-electron chi connectivity index (χ3n) is 2.42. The summed E-state index contributed by atoms with van der Waals surface area (Å²) in [5, 5.41) is 0.547. The average Bonchev–Trinajstić information content (AvgIpc) is 2.75. The molecule has 0 bridgehead atoms. The molecule has 0 atom stereocenters. The first kappa shape index (κ1) is 14.1. The molecule has 0 aliphatic rings. The number of oxazole rings is 1. The summed E-state index contributed by atoms with van der Waals surface area (Å²) in [5.74, 6) is -0.0483. The molecule has 0 saturated carbocycles. The molecular formula is C13H11BrClNO3. The summed E-state index contributed by atoms with van der Waals surface area (Å²) < 4.78 is 11.1. The van der Waals surface area contributed by atoms with Crippen molar-refractivity contribution in [3.63, 3.8) is 0 Å². The van der Waals surface area contributed by atoms with Gasteiger partial charge in [-0.3, -0.25) is 0 Å². The van der Waals surface area contributed by atoms with Crippen molar-refractivity contribution in [2.75, 3.05) is 6.61 Å². The molecule has 0 spiro atoms. The van der Waals surface area contributed by atoms with E-state index in [1.165, 1.54) is 0 Å². The van der Waals surface area contributed by atoms with E-state index in [-0.39, 0.29) is 5.76 Å². The topological polar surface area (TPSA) is 52.3 Å². The van der Waals surface area contributed by atoms with E-state index in [1.807, 2.05) is 0 Å². The summed E-state index contributed by atoms with van der Waals surface area (Å²) in [6, 6.07) is 5.31. The maximum atomic E-state index is 11.6. The fourth-order valence-corrected chi connectivity index (χ4v) is 1.96. The predicted molar refractivity (Wildman–Crippen MR) is 75.3 cm³/mol. The van der Waals surface area contributed by atoms with Gasteiger partial charge in [-0.15, -0.1) is 0 Å². The van der Waals surface area contributed by atoms with E-state index in [0.29, 0.717) is 28.8 Å². The molecule has 0 N–H and O–H groups in total. The Balaban J connectivity index is 2.38. The van der Waals surface area contributed by atoms with Crippen molar-refractivity contribution in [3.05, 3.63) is 39.1 Å². The zero-order valence-corrected chi connectivity index (χ0v) is 12.7. The summed E-state index contributed by atoms with van der Waals surface area (Å²) >= 11 is 9.32. The minimum absolute atomic E-state index is 0.121. The predicted octanol–water partition coefficient (Wildman–Crippen LogP) is 4.24. The molecule has 1 aromatic carbocycles. The van der Waals surface area contributed by atoms with Crippen molar-refractivity contribution in [2.45, 2.75) is 13.8 Å². The summed E-state index contributed by atoms with van der Waals surface area (Å²) in [7, 11) is 0. The van der Waals surface area contributed by atoms with E-state index >= 15 is 0 Å². The first-order chi connectivity index (χ1) is 9.02. The normalized spacial score (nSPS) is 10.5. The van der Waals surface area contributed by atoms with Crippen LogP contribution in [0.5, 0.6) is 0 Å². The highest BCUT2D eigenvalue weighted by molar-refractivity contribution is 9.10. The van der Waals surface area contributed by atoms with Gasteiger partial charge in [0.25, 0.3) is 0 Å². The molecule has 0 radical (unpaired) electrons. The van der Waals surface area contributed by atoms with Crippen LogP contribution in [0.1, 0.15) is 23.2 Å². The molecule has 19 heavy (non-hydrogen) atoms. The van der Waals surface area contributed by atoms with Gasteiger partial charge in [0, 0.05) is 10.0 Å². The van der Waals surface area contributed by atoms with Crippen molar-refractivity contribution in [3.8, 4) is 11.5 Å². The lowest BCUT2D eigenvalue weighted by molar-refractivity contribution is 0.0490. The minimum atomic E-state index is -0.512. The lowest BCUT2D eigenvalue weighted by atomic mass is 10.2. The number of hydrogen-bond acceptors (Lipinski definition) is 4. The average molecular weight is 345 g/mol. The number of aromatic nitrogens is 1.